The Morgan fingerprint density at radius 3 is 2.22 bits per heavy atom. The van der Waals surface area contributed by atoms with Crippen LogP contribution in [0, 0.1) is 0 Å². The molecule has 120 valence electrons. The van der Waals surface area contributed by atoms with Gasteiger partial charge in [0.15, 0.2) is 0 Å². The molecule has 1 atom stereocenters. The molecule has 0 aromatic heterocycles. The predicted octanol–water partition coefficient (Wildman–Crippen LogP) is 2.85. The van der Waals surface area contributed by atoms with Gasteiger partial charge >= 0.3 is 5.97 Å². The van der Waals surface area contributed by atoms with Gasteiger partial charge in [-0.3, -0.25) is 9.59 Å². The second-order valence-corrected chi connectivity index (χ2v) is 6.10. The molecule has 2 rings (SSSR count). The van der Waals surface area contributed by atoms with Crippen LogP contribution in [0.2, 0.25) is 0 Å². The van der Waals surface area contributed by atoms with Crippen LogP contribution in [-0.4, -0.2) is 34.5 Å². The molecule has 0 spiro atoms. The maximum Gasteiger partial charge on any atom is 0.321 e. The SMILES string of the molecule is O=C(SCCN[C@@H](Cc1ccccc1)C(=O)O)c1ccccc1. The molecule has 2 N–H and O–H groups in total. The monoisotopic (exact) mass is 329 g/mol. The Balaban J connectivity index is 1.76. The molecule has 4 nitrogen and oxygen atoms in total. The number of nitrogens with one attached hydrogen (secondary N) is 1. The van der Waals surface area contributed by atoms with Gasteiger partial charge in [-0.2, -0.15) is 0 Å². The summed E-state index contributed by atoms with van der Waals surface area (Å²) < 4.78 is 0. The predicted molar refractivity (Wildman–Crippen MR) is 92.8 cm³/mol. The molecule has 0 unspecified atom stereocenters. The molecule has 2 aromatic rings. The van der Waals surface area contributed by atoms with Crippen molar-refractivity contribution in [2.24, 2.45) is 0 Å². The van der Waals surface area contributed by atoms with Gasteiger partial charge in [0.05, 0.1) is 0 Å². The number of carbonyl (C=O) groups is 2. The van der Waals surface area contributed by atoms with Gasteiger partial charge in [-0.15, -0.1) is 0 Å². The number of hydrogen-bond acceptors (Lipinski definition) is 4. The van der Waals surface area contributed by atoms with E-state index in [9.17, 15) is 14.7 Å². The van der Waals surface area contributed by atoms with Crippen LogP contribution in [-0.2, 0) is 11.2 Å². The third kappa shape index (κ3) is 5.88. The number of benzene rings is 2. The van der Waals surface area contributed by atoms with Gasteiger partial charge in [-0.25, -0.2) is 0 Å². The summed E-state index contributed by atoms with van der Waals surface area (Å²) in [6.45, 7) is 0.465. The van der Waals surface area contributed by atoms with Crippen LogP contribution in [0.5, 0.6) is 0 Å². The highest BCUT2D eigenvalue weighted by Crippen LogP contribution is 2.11. The minimum atomic E-state index is -0.881. The lowest BCUT2D eigenvalue weighted by Crippen LogP contribution is -2.39. The first-order chi connectivity index (χ1) is 11.2. The highest BCUT2D eigenvalue weighted by Gasteiger charge is 2.17. The van der Waals surface area contributed by atoms with Crippen molar-refractivity contribution in [2.45, 2.75) is 12.5 Å². The molecular formula is C18H19NO3S. The molecule has 0 radical (unpaired) electrons. The van der Waals surface area contributed by atoms with Gasteiger partial charge in [-0.05, 0) is 12.0 Å². The van der Waals surface area contributed by atoms with Crippen LogP contribution < -0.4 is 5.32 Å². The van der Waals surface area contributed by atoms with Gasteiger partial charge in [0, 0.05) is 17.9 Å². The van der Waals surface area contributed by atoms with E-state index in [1.54, 1.807) is 12.1 Å². The molecule has 0 aliphatic heterocycles. The summed E-state index contributed by atoms with van der Waals surface area (Å²) in [5.41, 5.74) is 1.64. The van der Waals surface area contributed by atoms with Crippen LogP contribution >= 0.6 is 11.8 Å². The minimum absolute atomic E-state index is 0.00216. The van der Waals surface area contributed by atoms with Crippen LogP contribution in [0.3, 0.4) is 0 Å². The maximum atomic E-state index is 11.9. The molecule has 2 aromatic carbocycles. The van der Waals surface area contributed by atoms with E-state index in [1.165, 1.54) is 11.8 Å². The van der Waals surface area contributed by atoms with Crippen LogP contribution in [0.15, 0.2) is 60.7 Å². The first-order valence-electron chi connectivity index (χ1n) is 7.39. The van der Waals surface area contributed by atoms with Gasteiger partial charge < -0.3 is 10.4 Å². The summed E-state index contributed by atoms with van der Waals surface area (Å²) in [6, 6.07) is 17.9. The van der Waals surface area contributed by atoms with Crippen molar-refractivity contribution < 1.29 is 14.7 Å². The Labute approximate surface area is 139 Å². The van der Waals surface area contributed by atoms with E-state index in [2.05, 4.69) is 5.32 Å². The van der Waals surface area contributed by atoms with Crippen molar-refractivity contribution >= 4 is 22.8 Å². The highest BCUT2D eigenvalue weighted by molar-refractivity contribution is 8.14. The molecule has 0 bridgehead atoms. The lowest BCUT2D eigenvalue weighted by atomic mass is 10.1. The average molecular weight is 329 g/mol. The molecule has 0 aliphatic rings. The van der Waals surface area contributed by atoms with E-state index in [1.807, 2.05) is 48.5 Å². The quantitative estimate of drug-likeness (QED) is 0.729. The average Bonchev–Trinajstić information content (AvgIpc) is 2.59. The first-order valence-corrected chi connectivity index (χ1v) is 8.37. The molecule has 0 amide bonds. The Morgan fingerprint density at radius 1 is 1.00 bits per heavy atom. The topological polar surface area (TPSA) is 66.4 Å². The third-order valence-electron chi connectivity index (χ3n) is 3.32. The maximum absolute atomic E-state index is 11.9. The Kier molecular flexibility index (Phi) is 6.84. The number of carbonyl (C=O) groups excluding carboxylic acids is 1. The fourth-order valence-corrected chi connectivity index (χ4v) is 2.84. The van der Waals surface area contributed by atoms with Gasteiger partial charge in [-0.1, -0.05) is 72.4 Å². The van der Waals surface area contributed by atoms with Gasteiger partial charge in [0.2, 0.25) is 5.12 Å². The molecule has 0 saturated heterocycles. The second kappa shape index (κ2) is 9.12. The van der Waals surface area contributed by atoms with E-state index in [0.717, 1.165) is 5.56 Å². The second-order valence-electron chi connectivity index (χ2n) is 5.04. The Morgan fingerprint density at radius 2 is 1.61 bits per heavy atom. The summed E-state index contributed by atoms with van der Waals surface area (Å²) in [4.78, 5) is 23.3. The fraction of sp³-hybridized carbons (Fsp3) is 0.222. The van der Waals surface area contributed by atoms with E-state index in [4.69, 9.17) is 0 Å². The molecule has 5 heteroatoms. The number of thioether (sulfide) groups is 1. The molecule has 0 fully saturated rings. The van der Waals surface area contributed by atoms with E-state index in [-0.39, 0.29) is 5.12 Å². The fourth-order valence-electron chi connectivity index (χ4n) is 2.13. The van der Waals surface area contributed by atoms with Gasteiger partial charge in [0.25, 0.3) is 0 Å². The zero-order chi connectivity index (χ0) is 16.5. The minimum Gasteiger partial charge on any atom is -0.480 e. The highest BCUT2D eigenvalue weighted by atomic mass is 32.2. The van der Waals surface area contributed by atoms with Crippen molar-refractivity contribution in [1.29, 1.82) is 0 Å². The standard InChI is InChI=1S/C18H19NO3S/c20-17(21)16(13-14-7-3-1-4-8-14)19-11-12-23-18(22)15-9-5-2-6-10-15/h1-10,16,19H,11-13H2,(H,20,21)/t16-/m0/s1. The molecular weight excluding hydrogens is 310 g/mol. The summed E-state index contributed by atoms with van der Waals surface area (Å²) in [6.07, 6.45) is 0.424. The number of aliphatic carboxylic acids is 1. The number of hydrogen-bond donors (Lipinski definition) is 2. The molecule has 0 aliphatic carbocycles. The molecule has 23 heavy (non-hydrogen) atoms. The normalized spacial score (nSPS) is 11.8. The lowest BCUT2D eigenvalue weighted by molar-refractivity contribution is -0.139. The Bertz CT molecular complexity index is 631. The molecule has 0 heterocycles. The largest absolute Gasteiger partial charge is 0.480 e. The number of rotatable bonds is 8. The van der Waals surface area contributed by atoms with Crippen LogP contribution in [0.25, 0.3) is 0 Å². The first kappa shape index (κ1) is 17.2. The summed E-state index contributed by atoms with van der Waals surface area (Å²) in [5, 5.41) is 12.3. The molecule has 0 saturated carbocycles. The van der Waals surface area contributed by atoms with E-state index < -0.39 is 12.0 Å². The smallest absolute Gasteiger partial charge is 0.321 e. The van der Waals surface area contributed by atoms with Crippen molar-refractivity contribution in [3.05, 3.63) is 71.8 Å². The van der Waals surface area contributed by atoms with E-state index in [0.29, 0.717) is 24.3 Å². The van der Waals surface area contributed by atoms with Crippen molar-refractivity contribution in [3.63, 3.8) is 0 Å². The Hall–Kier alpha value is -2.11. The van der Waals surface area contributed by atoms with Gasteiger partial charge in [0.1, 0.15) is 6.04 Å². The van der Waals surface area contributed by atoms with Crippen molar-refractivity contribution in [1.82, 2.24) is 5.32 Å². The summed E-state index contributed by atoms with van der Waals surface area (Å²) >= 11 is 1.20. The van der Waals surface area contributed by atoms with Crippen molar-refractivity contribution in [3.8, 4) is 0 Å². The summed E-state index contributed by atoms with van der Waals surface area (Å²) in [5.74, 6) is -0.347. The van der Waals surface area contributed by atoms with Crippen LogP contribution in [0.4, 0.5) is 0 Å². The van der Waals surface area contributed by atoms with E-state index >= 15 is 0 Å². The third-order valence-corrected chi connectivity index (χ3v) is 4.22. The summed E-state index contributed by atoms with van der Waals surface area (Å²) in [7, 11) is 0. The number of carboxylic acid groups (broad SMARTS) is 1. The zero-order valence-electron chi connectivity index (χ0n) is 12.6. The zero-order valence-corrected chi connectivity index (χ0v) is 13.5. The van der Waals surface area contributed by atoms with Crippen molar-refractivity contribution in [2.75, 3.05) is 12.3 Å². The number of carboxylic acids is 1. The lowest BCUT2D eigenvalue weighted by Gasteiger charge is -2.14. The van der Waals surface area contributed by atoms with Crippen LogP contribution in [0.1, 0.15) is 15.9 Å².